The predicted octanol–water partition coefficient (Wildman–Crippen LogP) is 3.81. The minimum atomic E-state index is 0.657. The van der Waals surface area contributed by atoms with Crippen LogP contribution in [-0.4, -0.2) is 15.0 Å². The van der Waals surface area contributed by atoms with Gasteiger partial charge in [-0.15, -0.1) is 0 Å². The Balaban J connectivity index is 1.98. The molecule has 4 rings (SSSR count). The van der Waals surface area contributed by atoms with Crippen LogP contribution >= 0.6 is 0 Å². The number of aromatic amines is 1. The molecule has 0 radical (unpaired) electrons. The first kappa shape index (κ1) is 10.7. The SMILES string of the molecule is Cc1ncc(C2CC2)c(-c2c[nH]c3ccccc23)n1. The number of nitrogens with zero attached hydrogens (tertiary/aromatic N) is 2. The van der Waals surface area contributed by atoms with Gasteiger partial charge in [-0.1, -0.05) is 18.2 Å². The number of rotatable bonds is 2. The average Bonchev–Trinajstić information content (AvgIpc) is 3.18. The Labute approximate surface area is 111 Å². The molecular weight excluding hydrogens is 234 g/mol. The van der Waals surface area contributed by atoms with Gasteiger partial charge in [-0.05, 0) is 37.3 Å². The monoisotopic (exact) mass is 249 g/mol. The summed E-state index contributed by atoms with van der Waals surface area (Å²) in [5, 5.41) is 1.24. The minimum Gasteiger partial charge on any atom is -0.360 e. The van der Waals surface area contributed by atoms with E-state index in [2.05, 4.69) is 40.4 Å². The van der Waals surface area contributed by atoms with Crippen LogP contribution in [0.15, 0.2) is 36.7 Å². The summed E-state index contributed by atoms with van der Waals surface area (Å²) in [6.07, 6.45) is 6.61. The third kappa shape index (κ3) is 1.73. The van der Waals surface area contributed by atoms with E-state index in [0.717, 1.165) is 17.0 Å². The van der Waals surface area contributed by atoms with Gasteiger partial charge < -0.3 is 4.98 Å². The Hall–Kier alpha value is -2.16. The van der Waals surface area contributed by atoms with E-state index in [-0.39, 0.29) is 0 Å². The molecule has 3 aromatic rings. The van der Waals surface area contributed by atoms with Crippen molar-refractivity contribution in [1.29, 1.82) is 0 Å². The van der Waals surface area contributed by atoms with Gasteiger partial charge in [0, 0.05) is 28.9 Å². The Morgan fingerprint density at radius 2 is 2.05 bits per heavy atom. The van der Waals surface area contributed by atoms with E-state index in [1.807, 2.05) is 13.1 Å². The molecule has 0 atom stereocenters. The largest absolute Gasteiger partial charge is 0.360 e. The average molecular weight is 249 g/mol. The summed E-state index contributed by atoms with van der Waals surface area (Å²) in [7, 11) is 0. The van der Waals surface area contributed by atoms with Crippen LogP contribution in [0.1, 0.15) is 30.1 Å². The molecule has 0 unspecified atom stereocenters. The van der Waals surface area contributed by atoms with Crippen LogP contribution in [0, 0.1) is 6.92 Å². The van der Waals surface area contributed by atoms with Crippen LogP contribution in [0.3, 0.4) is 0 Å². The summed E-state index contributed by atoms with van der Waals surface area (Å²) in [6, 6.07) is 8.37. The molecule has 2 aromatic heterocycles. The lowest BCUT2D eigenvalue weighted by atomic mass is 10.0. The highest BCUT2D eigenvalue weighted by molar-refractivity contribution is 5.95. The molecule has 1 aliphatic carbocycles. The van der Waals surface area contributed by atoms with E-state index in [0.29, 0.717) is 5.92 Å². The zero-order valence-electron chi connectivity index (χ0n) is 10.9. The summed E-state index contributed by atoms with van der Waals surface area (Å²) >= 11 is 0. The fraction of sp³-hybridized carbons (Fsp3) is 0.250. The molecule has 1 fully saturated rings. The molecule has 1 aliphatic rings. The second-order valence-corrected chi connectivity index (χ2v) is 5.24. The zero-order valence-corrected chi connectivity index (χ0v) is 10.9. The fourth-order valence-electron chi connectivity index (χ4n) is 2.66. The van der Waals surface area contributed by atoms with Crippen LogP contribution in [0.5, 0.6) is 0 Å². The van der Waals surface area contributed by atoms with Gasteiger partial charge in [-0.25, -0.2) is 9.97 Å². The fourth-order valence-corrected chi connectivity index (χ4v) is 2.66. The first-order valence-electron chi connectivity index (χ1n) is 6.73. The molecule has 2 heterocycles. The number of aryl methyl sites for hydroxylation is 1. The molecule has 0 bridgehead atoms. The first-order chi connectivity index (χ1) is 9.33. The molecule has 1 aromatic carbocycles. The number of hydrogen-bond acceptors (Lipinski definition) is 2. The molecule has 19 heavy (non-hydrogen) atoms. The van der Waals surface area contributed by atoms with Crippen molar-refractivity contribution in [1.82, 2.24) is 15.0 Å². The van der Waals surface area contributed by atoms with Crippen molar-refractivity contribution in [3.63, 3.8) is 0 Å². The second kappa shape index (κ2) is 3.92. The van der Waals surface area contributed by atoms with Crippen LogP contribution < -0.4 is 0 Å². The maximum absolute atomic E-state index is 4.70. The van der Waals surface area contributed by atoms with Crippen LogP contribution in [0.4, 0.5) is 0 Å². The summed E-state index contributed by atoms with van der Waals surface area (Å²) in [5.74, 6) is 1.49. The third-order valence-electron chi connectivity index (χ3n) is 3.80. The highest BCUT2D eigenvalue weighted by atomic mass is 14.9. The maximum Gasteiger partial charge on any atom is 0.125 e. The number of aromatic nitrogens is 3. The molecule has 0 spiro atoms. The van der Waals surface area contributed by atoms with E-state index < -0.39 is 0 Å². The third-order valence-corrected chi connectivity index (χ3v) is 3.80. The number of H-pyrrole nitrogens is 1. The van der Waals surface area contributed by atoms with Gasteiger partial charge >= 0.3 is 0 Å². The van der Waals surface area contributed by atoms with Crippen molar-refractivity contribution >= 4 is 10.9 Å². The predicted molar refractivity (Wildman–Crippen MR) is 76.0 cm³/mol. The minimum absolute atomic E-state index is 0.657. The van der Waals surface area contributed by atoms with Crippen molar-refractivity contribution in [2.24, 2.45) is 0 Å². The topological polar surface area (TPSA) is 41.6 Å². The van der Waals surface area contributed by atoms with Crippen molar-refractivity contribution in [3.8, 4) is 11.3 Å². The molecule has 3 nitrogen and oxygen atoms in total. The van der Waals surface area contributed by atoms with Crippen LogP contribution in [0.2, 0.25) is 0 Å². The van der Waals surface area contributed by atoms with Gasteiger partial charge in [0.05, 0.1) is 5.69 Å². The van der Waals surface area contributed by atoms with Gasteiger partial charge in [0.2, 0.25) is 0 Å². The summed E-state index contributed by atoms with van der Waals surface area (Å²) in [4.78, 5) is 12.4. The standard InChI is InChI=1S/C16H15N3/c1-10-17-8-13(11-6-7-11)16(19-10)14-9-18-15-5-3-2-4-12(14)15/h2-5,8-9,11,18H,6-7H2,1H3. The Morgan fingerprint density at radius 3 is 2.89 bits per heavy atom. The molecule has 0 amide bonds. The number of fused-ring (bicyclic) bond motifs is 1. The molecule has 0 saturated heterocycles. The Morgan fingerprint density at radius 1 is 1.21 bits per heavy atom. The first-order valence-corrected chi connectivity index (χ1v) is 6.73. The van der Waals surface area contributed by atoms with Crippen LogP contribution in [0.25, 0.3) is 22.2 Å². The molecule has 94 valence electrons. The van der Waals surface area contributed by atoms with Crippen molar-refractivity contribution < 1.29 is 0 Å². The van der Waals surface area contributed by atoms with E-state index in [4.69, 9.17) is 4.98 Å². The summed E-state index contributed by atoms with van der Waals surface area (Å²) < 4.78 is 0. The lowest BCUT2D eigenvalue weighted by Gasteiger charge is -2.07. The van der Waals surface area contributed by atoms with E-state index >= 15 is 0 Å². The van der Waals surface area contributed by atoms with E-state index in [1.54, 1.807) is 0 Å². The molecular formula is C16H15N3. The number of para-hydroxylation sites is 1. The quantitative estimate of drug-likeness (QED) is 0.750. The highest BCUT2D eigenvalue weighted by Gasteiger charge is 2.28. The summed E-state index contributed by atoms with van der Waals surface area (Å²) in [6.45, 7) is 1.95. The maximum atomic E-state index is 4.70. The second-order valence-electron chi connectivity index (χ2n) is 5.24. The van der Waals surface area contributed by atoms with Gasteiger partial charge in [0.1, 0.15) is 5.82 Å². The Bertz CT molecular complexity index is 754. The number of hydrogen-bond donors (Lipinski definition) is 1. The zero-order chi connectivity index (χ0) is 12.8. The smallest absolute Gasteiger partial charge is 0.125 e. The Kier molecular flexibility index (Phi) is 2.21. The van der Waals surface area contributed by atoms with Crippen molar-refractivity contribution in [3.05, 3.63) is 48.0 Å². The highest BCUT2D eigenvalue weighted by Crippen LogP contribution is 2.44. The van der Waals surface area contributed by atoms with Crippen molar-refractivity contribution in [2.45, 2.75) is 25.7 Å². The molecule has 0 aliphatic heterocycles. The lowest BCUT2D eigenvalue weighted by molar-refractivity contribution is 0.991. The van der Waals surface area contributed by atoms with Crippen molar-refractivity contribution in [2.75, 3.05) is 0 Å². The van der Waals surface area contributed by atoms with Gasteiger partial charge in [0.25, 0.3) is 0 Å². The molecule has 3 heteroatoms. The summed E-state index contributed by atoms with van der Waals surface area (Å²) in [5.41, 5.74) is 4.77. The van der Waals surface area contributed by atoms with Crippen LogP contribution in [-0.2, 0) is 0 Å². The number of nitrogens with one attached hydrogen (secondary N) is 1. The molecule has 1 N–H and O–H groups in total. The van der Waals surface area contributed by atoms with E-state index in [9.17, 15) is 0 Å². The normalized spacial score (nSPS) is 15.0. The number of benzene rings is 1. The lowest BCUT2D eigenvalue weighted by Crippen LogP contribution is -1.96. The van der Waals surface area contributed by atoms with Gasteiger partial charge in [0.15, 0.2) is 0 Å². The van der Waals surface area contributed by atoms with Gasteiger partial charge in [-0.3, -0.25) is 0 Å². The van der Waals surface area contributed by atoms with Gasteiger partial charge in [-0.2, -0.15) is 0 Å². The van der Waals surface area contributed by atoms with E-state index in [1.165, 1.54) is 29.4 Å². The molecule has 1 saturated carbocycles.